The minimum Gasteiger partial charge on any atom is -0.494 e. The van der Waals surface area contributed by atoms with Crippen LogP contribution in [0.15, 0.2) is 24.4 Å². The molecule has 0 amide bonds. The van der Waals surface area contributed by atoms with E-state index in [1.165, 1.54) is 0 Å². The minimum absolute atomic E-state index is 0.350. The van der Waals surface area contributed by atoms with Crippen LogP contribution in [0.3, 0.4) is 0 Å². The summed E-state index contributed by atoms with van der Waals surface area (Å²) in [6, 6.07) is 5.29. The van der Waals surface area contributed by atoms with Crippen molar-refractivity contribution in [3.05, 3.63) is 35.1 Å². The molecule has 2 aromatic rings. The van der Waals surface area contributed by atoms with Gasteiger partial charge >= 0.3 is 0 Å². The standard InChI is InChI=1S/C10H11ClN4O/c1-16-10-3-2-7(11)4-9(10)15-6-8(5-12)13-14-15/h2-4,6H,5,12H2,1H3. The van der Waals surface area contributed by atoms with Gasteiger partial charge in [0.05, 0.1) is 19.0 Å². The molecule has 2 N–H and O–H groups in total. The number of nitrogens with zero attached hydrogens (tertiary/aromatic N) is 3. The molecule has 2 rings (SSSR count). The van der Waals surface area contributed by atoms with E-state index in [-0.39, 0.29) is 0 Å². The number of hydrogen-bond donors (Lipinski definition) is 1. The molecule has 1 heterocycles. The maximum absolute atomic E-state index is 5.92. The summed E-state index contributed by atoms with van der Waals surface area (Å²) in [6.07, 6.45) is 1.74. The first-order chi connectivity index (χ1) is 7.74. The average Bonchev–Trinajstić information content (AvgIpc) is 2.77. The average molecular weight is 239 g/mol. The van der Waals surface area contributed by atoms with Gasteiger partial charge in [-0.1, -0.05) is 16.8 Å². The Morgan fingerprint density at radius 3 is 2.94 bits per heavy atom. The summed E-state index contributed by atoms with van der Waals surface area (Å²) < 4.78 is 6.81. The summed E-state index contributed by atoms with van der Waals surface area (Å²) in [4.78, 5) is 0. The molecule has 0 aliphatic heterocycles. The predicted octanol–water partition coefficient (Wildman–Crippen LogP) is 1.39. The first kappa shape index (κ1) is 10.9. The Morgan fingerprint density at radius 2 is 2.31 bits per heavy atom. The van der Waals surface area contributed by atoms with Gasteiger partial charge in [0.15, 0.2) is 0 Å². The second kappa shape index (κ2) is 4.51. The smallest absolute Gasteiger partial charge is 0.144 e. The molecule has 5 nitrogen and oxygen atoms in total. The first-order valence-electron chi connectivity index (χ1n) is 4.70. The molecule has 0 fully saturated rings. The van der Waals surface area contributed by atoms with Crippen LogP contribution in [0, 0.1) is 0 Å². The third-order valence-corrected chi connectivity index (χ3v) is 2.37. The predicted molar refractivity (Wildman–Crippen MR) is 60.8 cm³/mol. The first-order valence-corrected chi connectivity index (χ1v) is 5.07. The molecule has 0 atom stereocenters. The second-order valence-corrected chi connectivity index (χ2v) is 3.61. The Morgan fingerprint density at radius 1 is 1.50 bits per heavy atom. The largest absolute Gasteiger partial charge is 0.494 e. The van der Waals surface area contributed by atoms with Crippen LogP contribution < -0.4 is 10.5 Å². The molecule has 0 spiro atoms. The highest BCUT2D eigenvalue weighted by Crippen LogP contribution is 2.25. The van der Waals surface area contributed by atoms with Crippen molar-refractivity contribution in [2.75, 3.05) is 7.11 Å². The summed E-state index contributed by atoms with van der Waals surface area (Å²) in [6.45, 7) is 0.350. The summed E-state index contributed by atoms with van der Waals surface area (Å²) in [7, 11) is 1.59. The SMILES string of the molecule is COc1ccc(Cl)cc1-n1cc(CN)nn1. The summed E-state index contributed by atoms with van der Waals surface area (Å²) in [5.41, 5.74) is 6.92. The van der Waals surface area contributed by atoms with Gasteiger partial charge in [-0.25, -0.2) is 4.68 Å². The third kappa shape index (κ3) is 2.00. The number of benzene rings is 1. The van der Waals surface area contributed by atoms with Crippen molar-refractivity contribution in [3.8, 4) is 11.4 Å². The van der Waals surface area contributed by atoms with Gasteiger partial charge in [0.1, 0.15) is 11.4 Å². The van der Waals surface area contributed by atoms with Crippen LogP contribution in [0.4, 0.5) is 0 Å². The Kier molecular flexibility index (Phi) is 3.07. The zero-order valence-electron chi connectivity index (χ0n) is 8.72. The summed E-state index contributed by atoms with van der Waals surface area (Å²) in [5.74, 6) is 0.679. The van der Waals surface area contributed by atoms with Crippen molar-refractivity contribution in [2.24, 2.45) is 5.73 Å². The van der Waals surface area contributed by atoms with E-state index in [4.69, 9.17) is 22.1 Å². The van der Waals surface area contributed by atoms with Crippen molar-refractivity contribution in [1.82, 2.24) is 15.0 Å². The van der Waals surface area contributed by atoms with Crippen molar-refractivity contribution in [3.63, 3.8) is 0 Å². The van der Waals surface area contributed by atoms with E-state index in [9.17, 15) is 0 Å². The number of methoxy groups -OCH3 is 1. The van der Waals surface area contributed by atoms with E-state index in [0.29, 0.717) is 23.0 Å². The van der Waals surface area contributed by atoms with Crippen LogP contribution in [-0.4, -0.2) is 22.1 Å². The van der Waals surface area contributed by atoms with Gasteiger partial charge in [-0.05, 0) is 18.2 Å². The van der Waals surface area contributed by atoms with E-state index in [0.717, 1.165) is 5.69 Å². The number of halogens is 1. The monoisotopic (exact) mass is 238 g/mol. The highest BCUT2D eigenvalue weighted by Gasteiger charge is 2.08. The van der Waals surface area contributed by atoms with Crippen molar-refractivity contribution in [2.45, 2.75) is 6.54 Å². The number of rotatable bonds is 3. The van der Waals surface area contributed by atoms with E-state index in [1.807, 2.05) is 0 Å². The summed E-state index contributed by atoms with van der Waals surface area (Å²) in [5, 5.41) is 8.47. The molecule has 0 bridgehead atoms. The molecule has 84 valence electrons. The molecule has 16 heavy (non-hydrogen) atoms. The quantitative estimate of drug-likeness (QED) is 0.878. The van der Waals surface area contributed by atoms with Crippen molar-refractivity contribution < 1.29 is 4.74 Å². The molecule has 6 heteroatoms. The van der Waals surface area contributed by atoms with Gasteiger partial charge in [0.25, 0.3) is 0 Å². The number of nitrogens with two attached hydrogens (primary N) is 1. The van der Waals surface area contributed by atoms with Crippen LogP contribution >= 0.6 is 11.6 Å². The maximum Gasteiger partial charge on any atom is 0.144 e. The van der Waals surface area contributed by atoms with Crippen molar-refractivity contribution >= 4 is 11.6 Å². The fourth-order valence-electron chi connectivity index (χ4n) is 1.35. The topological polar surface area (TPSA) is 66.0 Å². The molecule has 0 aliphatic rings. The Labute approximate surface area is 97.8 Å². The highest BCUT2D eigenvalue weighted by atomic mass is 35.5. The van der Waals surface area contributed by atoms with Gasteiger partial charge in [-0.15, -0.1) is 5.10 Å². The molecule has 0 saturated heterocycles. The van der Waals surface area contributed by atoms with Crippen LogP contribution in [0.1, 0.15) is 5.69 Å². The van der Waals surface area contributed by atoms with Crippen LogP contribution in [-0.2, 0) is 6.54 Å². The lowest BCUT2D eigenvalue weighted by molar-refractivity contribution is 0.411. The molecule has 1 aromatic carbocycles. The second-order valence-electron chi connectivity index (χ2n) is 3.17. The molecular weight excluding hydrogens is 228 g/mol. The summed E-state index contributed by atoms with van der Waals surface area (Å²) >= 11 is 5.92. The van der Waals surface area contributed by atoms with Gasteiger partial charge in [-0.3, -0.25) is 0 Å². The molecule has 0 saturated carbocycles. The molecule has 0 unspecified atom stereocenters. The minimum atomic E-state index is 0.350. The van der Waals surface area contributed by atoms with Gasteiger partial charge in [0.2, 0.25) is 0 Å². The van der Waals surface area contributed by atoms with E-state index < -0.39 is 0 Å². The number of aromatic nitrogens is 3. The lowest BCUT2D eigenvalue weighted by Crippen LogP contribution is -1.99. The molecule has 1 aromatic heterocycles. The fraction of sp³-hybridized carbons (Fsp3) is 0.200. The Balaban J connectivity index is 2.49. The van der Waals surface area contributed by atoms with Gasteiger partial charge < -0.3 is 10.5 Å². The van der Waals surface area contributed by atoms with Crippen LogP contribution in [0.2, 0.25) is 5.02 Å². The Hall–Kier alpha value is -1.59. The van der Waals surface area contributed by atoms with E-state index in [1.54, 1.807) is 36.2 Å². The lowest BCUT2D eigenvalue weighted by Gasteiger charge is -2.07. The third-order valence-electron chi connectivity index (χ3n) is 2.14. The molecule has 0 radical (unpaired) electrons. The van der Waals surface area contributed by atoms with Gasteiger partial charge in [-0.2, -0.15) is 0 Å². The normalized spacial score (nSPS) is 10.4. The number of ether oxygens (including phenoxy) is 1. The van der Waals surface area contributed by atoms with E-state index in [2.05, 4.69) is 10.3 Å². The fourth-order valence-corrected chi connectivity index (χ4v) is 1.52. The van der Waals surface area contributed by atoms with Gasteiger partial charge in [0, 0.05) is 11.6 Å². The highest BCUT2D eigenvalue weighted by molar-refractivity contribution is 6.30. The zero-order chi connectivity index (χ0) is 11.5. The molecule has 0 aliphatic carbocycles. The lowest BCUT2D eigenvalue weighted by atomic mass is 10.3. The molecular formula is C10H11ClN4O. The van der Waals surface area contributed by atoms with Crippen LogP contribution in [0.25, 0.3) is 5.69 Å². The Bertz CT molecular complexity index is 497. The van der Waals surface area contributed by atoms with Crippen LogP contribution in [0.5, 0.6) is 5.75 Å². The van der Waals surface area contributed by atoms with Crippen molar-refractivity contribution in [1.29, 1.82) is 0 Å². The maximum atomic E-state index is 5.92. The zero-order valence-corrected chi connectivity index (χ0v) is 9.48. The van der Waals surface area contributed by atoms with E-state index >= 15 is 0 Å². The number of hydrogen-bond acceptors (Lipinski definition) is 4.